The molecular weight excluding hydrogens is 706 g/mol. The SMILES string of the molecule is N[C@@H](CO)C(=O)N1CCC[C@H]1C(=O)N[C@@H](Cc1cnc[nH]1)C(=O)N1CCC[C@H]1C(=O)NCC(=O)N1CCC[C@H]1C(=O)N[C@@H](Cc1ccc(O)cc1)C(=O)O. The lowest BCUT2D eigenvalue weighted by atomic mass is 10.0. The average Bonchev–Trinajstić information content (AvgIpc) is 4.00. The third-order valence-corrected chi connectivity index (χ3v) is 10.1. The molecule has 9 N–H and O–H groups in total. The van der Waals surface area contributed by atoms with Gasteiger partial charge in [0.05, 0.1) is 19.5 Å². The first-order chi connectivity index (χ1) is 25.9. The molecule has 6 amide bonds. The van der Waals surface area contributed by atoms with Crippen molar-refractivity contribution in [3.8, 4) is 5.75 Å². The third-order valence-electron chi connectivity index (χ3n) is 10.1. The van der Waals surface area contributed by atoms with Gasteiger partial charge < -0.3 is 56.7 Å². The number of nitrogens with two attached hydrogens (primary N) is 1. The Balaban J connectivity index is 1.19. The zero-order valence-electron chi connectivity index (χ0n) is 29.7. The van der Waals surface area contributed by atoms with Crippen molar-refractivity contribution >= 4 is 41.4 Å². The summed E-state index contributed by atoms with van der Waals surface area (Å²) in [5, 5.41) is 36.5. The fourth-order valence-corrected chi connectivity index (χ4v) is 7.24. The molecule has 19 nitrogen and oxygen atoms in total. The first-order valence-corrected chi connectivity index (χ1v) is 18.0. The number of aliphatic carboxylic acids is 1. The van der Waals surface area contributed by atoms with Crippen LogP contribution in [-0.4, -0.2) is 150 Å². The normalized spacial score (nSPS) is 21.3. The summed E-state index contributed by atoms with van der Waals surface area (Å²) in [5.41, 5.74) is 6.85. The fraction of sp³-hybridized carbons (Fsp3) is 0.543. The number of rotatable bonds is 15. The van der Waals surface area contributed by atoms with Crippen LogP contribution < -0.4 is 21.7 Å². The van der Waals surface area contributed by atoms with E-state index >= 15 is 0 Å². The molecule has 0 saturated carbocycles. The molecule has 3 saturated heterocycles. The highest BCUT2D eigenvalue weighted by molar-refractivity contribution is 5.97. The molecule has 6 atom stereocenters. The number of aromatic amines is 1. The lowest BCUT2D eigenvalue weighted by Crippen LogP contribution is -2.58. The van der Waals surface area contributed by atoms with Gasteiger partial charge >= 0.3 is 5.97 Å². The lowest BCUT2D eigenvalue weighted by Gasteiger charge is -2.31. The van der Waals surface area contributed by atoms with Crippen LogP contribution in [0.1, 0.15) is 49.8 Å². The quantitative estimate of drug-likeness (QED) is 0.0927. The monoisotopic (exact) mass is 753 g/mol. The van der Waals surface area contributed by atoms with Gasteiger partial charge in [-0.1, -0.05) is 12.1 Å². The predicted molar refractivity (Wildman–Crippen MR) is 188 cm³/mol. The van der Waals surface area contributed by atoms with Gasteiger partial charge in [-0.15, -0.1) is 0 Å². The number of hydrogen-bond donors (Lipinski definition) is 8. The third kappa shape index (κ3) is 9.51. The summed E-state index contributed by atoms with van der Waals surface area (Å²) in [6, 6.07) is -0.485. The highest BCUT2D eigenvalue weighted by atomic mass is 16.4. The summed E-state index contributed by atoms with van der Waals surface area (Å²) in [4.78, 5) is 103. The van der Waals surface area contributed by atoms with Crippen molar-refractivity contribution in [3.63, 3.8) is 0 Å². The topological polar surface area (TPSA) is 281 Å². The number of nitrogens with zero attached hydrogens (tertiary/aromatic N) is 4. The van der Waals surface area contributed by atoms with Crippen molar-refractivity contribution < 1.29 is 48.9 Å². The molecule has 5 rings (SSSR count). The van der Waals surface area contributed by atoms with Crippen LogP contribution in [0.15, 0.2) is 36.8 Å². The van der Waals surface area contributed by atoms with Crippen LogP contribution in [0.2, 0.25) is 0 Å². The average molecular weight is 754 g/mol. The van der Waals surface area contributed by atoms with Crippen LogP contribution in [0.3, 0.4) is 0 Å². The highest BCUT2D eigenvalue weighted by Crippen LogP contribution is 2.23. The van der Waals surface area contributed by atoms with Crippen molar-refractivity contribution in [2.45, 2.75) is 87.6 Å². The van der Waals surface area contributed by atoms with Gasteiger partial charge in [0.1, 0.15) is 42.0 Å². The highest BCUT2D eigenvalue weighted by Gasteiger charge is 2.42. The summed E-state index contributed by atoms with van der Waals surface area (Å²) in [6.45, 7) is -0.348. The molecule has 3 aliphatic rings. The first-order valence-electron chi connectivity index (χ1n) is 18.0. The molecule has 1 aromatic heterocycles. The van der Waals surface area contributed by atoms with E-state index in [4.69, 9.17) is 5.73 Å². The van der Waals surface area contributed by atoms with Crippen molar-refractivity contribution in [2.75, 3.05) is 32.8 Å². The number of hydrogen-bond acceptors (Lipinski definition) is 11. The Bertz CT molecular complexity index is 1690. The van der Waals surface area contributed by atoms with Crippen LogP contribution in [0.4, 0.5) is 0 Å². The van der Waals surface area contributed by atoms with E-state index in [-0.39, 0.29) is 38.2 Å². The van der Waals surface area contributed by atoms with Crippen LogP contribution in [0.25, 0.3) is 0 Å². The number of phenols is 1. The molecule has 2 aromatic rings. The fourth-order valence-electron chi connectivity index (χ4n) is 7.24. The van der Waals surface area contributed by atoms with E-state index in [2.05, 4.69) is 25.9 Å². The Morgan fingerprint density at radius 1 is 0.796 bits per heavy atom. The van der Waals surface area contributed by atoms with Gasteiger partial charge in [-0.2, -0.15) is 0 Å². The summed E-state index contributed by atoms with van der Waals surface area (Å²) in [7, 11) is 0. The van der Waals surface area contributed by atoms with E-state index in [1.54, 1.807) is 12.1 Å². The number of benzene rings is 1. The molecule has 3 fully saturated rings. The molecule has 0 radical (unpaired) electrons. The van der Waals surface area contributed by atoms with E-state index < -0.39 is 90.8 Å². The number of aliphatic hydroxyl groups excluding tert-OH is 1. The van der Waals surface area contributed by atoms with Crippen LogP contribution in [0, 0.1) is 0 Å². The molecule has 0 bridgehead atoms. The maximum atomic E-state index is 14.0. The van der Waals surface area contributed by atoms with Gasteiger partial charge in [0.15, 0.2) is 0 Å². The maximum absolute atomic E-state index is 14.0. The second-order valence-electron chi connectivity index (χ2n) is 13.7. The molecule has 292 valence electrons. The largest absolute Gasteiger partial charge is 0.508 e. The zero-order valence-corrected chi connectivity index (χ0v) is 29.7. The number of carbonyl (C=O) groups excluding carboxylic acids is 6. The number of phenolic OH excluding ortho intramolecular Hbond substituents is 1. The summed E-state index contributed by atoms with van der Waals surface area (Å²) in [5.74, 6) is -4.73. The van der Waals surface area contributed by atoms with Crippen molar-refractivity contribution in [1.29, 1.82) is 0 Å². The summed E-state index contributed by atoms with van der Waals surface area (Å²) >= 11 is 0. The van der Waals surface area contributed by atoms with Crippen molar-refractivity contribution in [1.82, 2.24) is 40.6 Å². The number of imidazole rings is 1. The summed E-state index contributed by atoms with van der Waals surface area (Å²) in [6.07, 6.45) is 5.33. The van der Waals surface area contributed by atoms with E-state index in [1.807, 2.05) is 0 Å². The van der Waals surface area contributed by atoms with Crippen molar-refractivity contribution in [2.24, 2.45) is 5.73 Å². The Labute approximate surface area is 310 Å². The Kier molecular flexibility index (Phi) is 13.2. The minimum absolute atomic E-state index is 0.0143. The second kappa shape index (κ2) is 18.0. The predicted octanol–water partition coefficient (Wildman–Crippen LogP) is -2.64. The molecule has 1 aromatic carbocycles. The number of nitrogens with one attached hydrogen (secondary N) is 4. The minimum atomic E-state index is -1.28. The molecule has 0 unspecified atom stereocenters. The Morgan fingerprint density at radius 3 is 1.93 bits per heavy atom. The van der Waals surface area contributed by atoms with E-state index in [9.17, 15) is 48.9 Å². The first kappa shape index (κ1) is 39.6. The number of aromatic hydroxyl groups is 1. The number of likely N-dealkylation sites (tertiary alicyclic amines) is 3. The number of carboxylic acid groups (broad SMARTS) is 1. The maximum Gasteiger partial charge on any atom is 0.326 e. The minimum Gasteiger partial charge on any atom is -0.508 e. The lowest BCUT2D eigenvalue weighted by molar-refractivity contribution is -0.144. The van der Waals surface area contributed by atoms with E-state index in [0.717, 1.165) is 0 Å². The summed E-state index contributed by atoms with van der Waals surface area (Å²) < 4.78 is 0. The van der Waals surface area contributed by atoms with E-state index in [0.29, 0.717) is 49.8 Å². The van der Waals surface area contributed by atoms with Crippen LogP contribution >= 0.6 is 0 Å². The number of aromatic nitrogens is 2. The van der Waals surface area contributed by atoms with Gasteiger partial charge in [0.25, 0.3) is 0 Å². The number of carboxylic acids is 1. The van der Waals surface area contributed by atoms with E-state index in [1.165, 1.54) is 39.4 Å². The number of H-pyrrole nitrogens is 1. The number of aliphatic hydroxyl groups is 1. The molecule has 4 heterocycles. The van der Waals surface area contributed by atoms with Gasteiger partial charge in [-0.3, -0.25) is 28.8 Å². The molecule has 0 aliphatic carbocycles. The molecule has 3 aliphatic heterocycles. The van der Waals surface area contributed by atoms with Gasteiger partial charge in [-0.05, 0) is 56.2 Å². The van der Waals surface area contributed by atoms with Gasteiger partial charge in [-0.25, -0.2) is 9.78 Å². The molecular formula is C35H47N9O10. The number of amides is 6. The zero-order chi connectivity index (χ0) is 38.9. The van der Waals surface area contributed by atoms with Crippen LogP contribution in [0.5, 0.6) is 5.75 Å². The molecule has 54 heavy (non-hydrogen) atoms. The van der Waals surface area contributed by atoms with Gasteiger partial charge in [0.2, 0.25) is 35.4 Å². The van der Waals surface area contributed by atoms with Gasteiger partial charge in [0, 0.05) is 44.4 Å². The van der Waals surface area contributed by atoms with Crippen LogP contribution in [-0.2, 0) is 46.4 Å². The molecule has 19 heteroatoms. The van der Waals surface area contributed by atoms with Crippen molar-refractivity contribution in [3.05, 3.63) is 48.0 Å². The number of carbonyl (C=O) groups is 7. The Hall–Kier alpha value is -5.56. The molecule has 0 spiro atoms. The Morgan fingerprint density at radius 2 is 1.35 bits per heavy atom. The smallest absolute Gasteiger partial charge is 0.326 e. The second-order valence-corrected chi connectivity index (χ2v) is 13.7. The standard InChI is InChI=1S/C35H47N9O10/c36-23(18-45)33(51)43-12-3-6-28(43)32(50)40-24(15-21-16-37-19-39-21)34(52)44-13-2-4-26(44)30(48)38-17-29(47)42-11-1-5-27(42)31(49)41-25(35(53)54)14-20-7-9-22(46)10-8-20/h7-10,16,19,23-28,45-46H,1-6,11-15,17-18,36H2,(H,37,39)(H,38,48)(H,40,50)(H,41,49)(H,53,54)/t23-,24-,25-,26-,27-,28-/m0/s1.